The zero-order valence-corrected chi connectivity index (χ0v) is 20.4. The molecule has 0 aliphatic carbocycles. The number of nitrogens with one attached hydrogen (secondary N) is 1. The maximum Gasteiger partial charge on any atom is 0.194 e. The first-order chi connectivity index (χ1) is 9.41. The Labute approximate surface area is 183 Å². The number of H-pyrrole nitrogens is 1. The van der Waals surface area contributed by atoms with Crippen molar-refractivity contribution in [2.24, 2.45) is 0 Å². The van der Waals surface area contributed by atoms with Crippen LogP contribution in [0.15, 0.2) is 18.2 Å². The van der Waals surface area contributed by atoms with Crippen LogP contribution in [0.5, 0.6) is 0 Å². The summed E-state index contributed by atoms with van der Waals surface area (Å²) in [4.78, 5) is 3.20. The zero-order chi connectivity index (χ0) is 15.0. The number of thiazole rings is 1. The van der Waals surface area contributed by atoms with Gasteiger partial charge in [0.1, 0.15) is 5.22 Å². The van der Waals surface area contributed by atoms with E-state index in [1.165, 1.54) is 11.3 Å². The topological polar surface area (TPSA) is 43.5 Å². The maximum absolute atomic E-state index is 5.70. The lowest BCUT2D eigenvalue weighted by Gasteiger charge is -2.43. The average molecular weight is 463 g/mol. The van der Waals surface area contributed by atoms with Gasteiger partial charge >= 0.3 is 0 Å². The molecule has 2 rings (SSSR count). The molecule has 1 aromatic heterocycles. The van der Waals surface area contributed by atoms with Gasteiger partial charge < -0.3 is 19.2 Å². The van der Waals surface area contributed by atoms with Gasteiger partial charge in [0.25, 0.3) is 0 Å². The molecule has 1 N–H and O–H groups in total. The summed E-state index contributed by atoms with van der Waals surface area (Å²) in [6.45, 7) is 1.81. The summed E-state index contributed by atoms with van der Waals surface area (Å²) in [6, 6.07) is 5.92. The van der Waals surface area contributed by atoms with Gasteiger partial charge in [0.05, 0.1) is 20.5 Å². The molecule has 4 nitrogen and oxygen atoms in total. The van der Waals surface area contributed by atoms with Gasteiger partial charge in [-0.1, -0.05) is 12.1 Å². The lowest BCUT2D eigenvalue weighted by Crippen LogP contribution is -2.54. The van der Waals surface area contributed by atoms with Crippen molar-refractivity contribution in [3.63, 3.8) is 0 Å². The van der Waals surface area contributed by atoms with Crippen LogP contribution in [-0.2, 0) is 19.4 Å². The van der Waals surface area contributed by atoms with Crippen molar-refractivity contribution >= 4 is 98.0 Å². The molecule has 1 unspecified atom stereocenters. The highest BCUT2D eigenvalue weighted by atomic mass is 32.1. The van der Waals surface area contributed by atoms with Crippen LogP contribution in [0.3, 0.4) is 0 Å². The predicted molar refractivity (Wildman–Crippen MR) is 125 cm³/mol. The number of fused-ring (bicyclic) bond motifs is 1. The number of benzene rings is 1. The van der Waals surface area contributed by atoms with E-state index >= 15 is 0 Å². The van der Waals surface area contributed by atoms with Crippen LogP contribution >= 0.6 is 77.5 Å². The number of aromatic amines is 1. The van der Waals surface area contributed by atoms with E-state index < -0.39 is 11.0 Å². The minimum absolute atomic E-state index is 0. The number of methoxy groups -OCH3 is 3. The number of aromatic nitrogens is 1. The van der Waals surface area contributed by atoms with Crippen LogP contribution in [0.25, 0.3) is 10.2 Å². The van der Waals surface area contributed by atoms with E-state index in [-0.39, 0.29) is 54.0 Å². The molecule has 1 aromatic carbocycles. The summed E-state index contributed by atoms with van der Waals surface area (Å²) in [7, 11) is 8.46. The SMILES string of the molecule is COC(C)(OC)C([Si])(OC)c1cccc2sc(=S)[nH]c12.S.S.S.S. The van der Waals surface area contributed by atoms with Gasteiger partial charge in [-0.15, -0.1) is 11.3 Å². The Balaban J connectivity index is -0.00000110. The van der Waals surface area contributed by atoms with Crippen LogP contribution < -0.4 is 0 Å². The lowest BCUT2D eigenvalue weighted by molar-refractivity contribution is -0.274. The van der Waals surface area contributed by atoms with E-state index in [1.807, 2.05) is 25.1 Å². The highest BCUT2D eigenvalue weighted by Crippen LogP contribution is 2.40. The first-order valence-corrected chi connectivity index (χ1v) is 7.67. The number of rotatable bonds is 5. The number of hydrogen-bond acceptors (Lipinski definition) is 5. The van der Waals surface area contributed by atoms with Crippen molar-refractivity contribution in [1.29, 1.82) is 0 Å². The summed E-state index contributed by atoms with van der Waals surface area (Å²) < 4.78 is 18.5. The van der Waals surface area contributed by atoms with Crippen molar-refractivity contribution in [1.82, 2.24) is 4.98 Å². The molecule has 0 bridgehead atoms. The zero-order valence-electron chi connectivity index (χ0n) is 13.8. The van der Waals surface area contributed by atoms with E-state index in [9.17, 15) is 0 Å². The first-order valence-electron chi connectivity index (χ1n) is 5.94. The molecule has 1 atom stereocenters. The van der Waals surface area contributed by atoms with Crippen LogP contribution in [0, 0.1) is 3.95 Å². The van der Waals surface area contributed by atoms with E-state index in [2.05, 4.69) is 15.2 Å². The highest BCUT2D eigenvalue weighted by molar-refractivity contribution is 7.73. The number of hydrogen-bond donors (Lipinski definition) is 1. The largest absolute Gasteiger partial charge is 0.372 e. The number of ether oxygens (including phenoxy) is 3. The van der Waals surface area contributed by atoms with Crippen LogP contribution in [0.4, 0.5) is 0 Å². The molecule has 1 heterocycles. The minimum Gasteiger partial charge on any atom is -0.372 e. The molecule has 0 spiro atoms. The minimum atomic E-state index is -1.01. The highest BCUT2D eigenvalue weighted by Gasteiger charge is 2.48. The Morgan fingerprint density at radius 3 is 2.04 bits per heavy atom. The fourth-order valence-corrected chi connectivity index (χ4v) is 3.72. The summed E-state index contributed by atoms with van der Waals surface area (Å²) >= 11 is 6.74. The molecule has 0 amide bonds. The molecule has 3 radical (unpaired) electrons. The average Bonchev–Trinajstić information content (AvgIpc) is 2.85. The van der Waals surface area contributed by atoms with Crippen LogP contribution in [0.1, 0.15) is 12.5 Å². The fourth-order valence-electron chi connectivity index (χ4n) is 2.18. The Morgan fingerprint density at radius 1 is 1.04 bits per heavy atom. The van der Waals surface area contributed by atoms with Gasteiger partial charge in [0.15, 0.2) is 9.74 Å². The molecule has 11 heteroatoms. The Bertz CT molecular complexity index is 675. The summed E-state index contributed by atoms with van der Waals surface area (Å²) in [6.07, 6.45) is 0. The third-order valence-electron chi connectivity index (χ3n) is 3.56. The predicted octanol–water partition coefficient (Wildman–Crippen LogP) is 3.39. The molecule has 0 saturated heterocycles. The van der Waals surface area contributed by atoms with E-state index in [0.717, 1.165) is 15.8 Å². The molecule has 0 saturated carbocycles. The third-order valence-corrected chi connectivity index (χ3v) is 5.69. The molecule has 24 heavy (non-hydrogen) atoms. The Morgan fingerprint density at radius 2 is 1.58 bits per heavy atom. The van der Waals surface area contributed by atoms with Crippen molar-refractivity contribution in [3.8, 4) is 0 Å². The van der Waals surface area contributed by atoms with Gasteiger partial charge in [-0.05, 0) is 25.2 Å². The normalized spacial score (nSPS) is 12.9. The van der Waals surface area contributed by atoms with Gasteiger partial charge in [-0.25, -0.2) is 0 Å². The van der Waals surface area contributed by atoms with Crippen LogP contribution in [-0.4, -0.2) is 42.3 Å². The Hall–Kier alpha value is 0.827. The van der Waals surface area contributed by atoms with Gasteiger partial charge in [0.2, 0.25) is 0 Å². The molecule has 0 fully saturated rings. The maximum atomic E-state index is 5.70. The van der Waals surface area contributed by atoms with Crippen molar-refractivity contribution in [2.45, 2.75) is 17.9 Å². The second-order valence-corrected chi connectivity index (χ2v) is 6.86. The summed E-state index contributed by atoms with van der Waals surface area (Å²) in [5.41, 5.74) is 1.78. The molecule has 0 aliphatic heterocycles. The second kappa shape index (κ2) is 11.5. The van der Waals surface area contributed by atoms with Gasteiger partial charge in [-0.2, -0.15) is 54.0 Å². The molecule has 139 valence electrons. The van der Waals surface area contributed by atoms with E-state index in [0.29, 0.717) is 3.95 Å². The van der Waals surface area contributed by atoms with Crippen molar-refractivity contribution in [2.75, 3.05) is 21.3 Å². The summed E-state index contributed by atoms with van der Waals surface area (Å²) in [5.74, 6) is -1.01. The summed E-state index contributed by atoms with van der Waals surface area (Å²) in [5, 5.41) is -0.977. The Kier molecular flexibility index (Phi) is 14.2. The van der Waals surface area contributed by atoms with Crippen LogP contribution in [0.2, 0.25) is 0 Å². The standard InChI is InChI=1S/C13H16NO3S2Si.4H2S/c1-12(15-2,16-3)13(20,17-4)8-6-5-7-9-10(8)14-11(18)19-9;;;;/h5-7H,1-4H3,(H,14,18);4*1H2. The van der Waals surface area contributed by atoms with Crippen molar-refractivity contribution in [3.05, 3.63) is 27.7 Å². The van der Waals surface area contributed by atoms with Gasteiger partial charge in [0, 0.05) is 26.9 Å². The van der Waals surface area contributed by atoms with E-state index in [1.54, 1.807) is 21.3 Å². The monoisotopic (exact) mass is 462 g/mol. The number of para-hydroxylation sites is 1. The third kappa shape index (κ3) is 4.96. The lowest BCUT2D eigenvalue weighted by atomic mass is 9.99. The first kappa shape index (κ1) is 29.6. The molecular formula is C13H24NO3S6Si. The molecule has 2 aromatic rings. The molecular weight excluding hydrogens is 439 g/mol. The van der Waals surface area contributed by atoms with E-state index in [4.69, 9.17) is 26.4 Å². The van der Waals surface area contributed by atoms with Crippen molar-refractivity contribution < 1.29 is 14.2 Å². The smallest absolute Gasteiger partial charge is 0.194 e. The molecule has 0 aliphatic rings. The quantitative estimate of drug-likeness (QED) is 0.420. The second-order valence-electron chi connectivity index (χ2n) is 4.43. The fraction of sp³-hybridized carbons (Fsp3) is 0.462. The van der Waals surface area contributed by atoms with Gasteiger partial charge in [-0.3, -0.25) is 0 Å².